The molecular weight excluding hydrogens is 423 g/mol. The Bertz CT molecular complexity index is 1130. The van der Waals surface area contributed by atoms with Gasteiger partial charge < -0.3 is 14.8 Å². The Kier molecular flexibility index (Phi) is 6.98. The van der Waals surface area contributed by atoms with Gasteiger partial charge in [0.2, 0.25) is 0 Å². The molecule has 0 spiro atoms. The lowest BCUT2D eigenvalue weighted by atomic mass is 9.92. The largest absolute Gasteiger partial charge is 0.481 e. The maximum absolute atomic E-state index is 11.4. The number of rotatable bonds is 7. The van der Waals surface area contributed by atoms with E-state index in [2.05, 4.69) is 9.97 Å². The molecule has 0 saturated heterocycles. The molecular formula is C23H20Cl2N2O3. The van der Waals surface area contributed by atoms with Gasteiger partial charge >= 0.3 is 5.97 Å². The topological polar surface area (TPSA) is 75.2 Å². The molecule has 2 N–H and O–H groups in total. The van der Waals surface area contributed by atoms with Gasteiger partial charge in [-0.15, -0.1) is 12.4 Å². The van der Waals surface area contributed by atoms with Crippen LogP contribution >= 0.6 is 24.0 Å². The summed E-state index contributed by atoms with van der Waals surface area (Å²) in [6.07, 6.45) is 0.499. The number of aromatic amines is 1. The van der Waals surface area contributed by atoms with Gasteiger partial charge in [0.25, 0.3) is 0 Å². The number of H-pyrrole nitrogens is 1. The number of aliphatic carboxylic acids is 1. The van der Waals surface area contributed by atoms with Gasteiger partial charge in [0.15, 0.2) is 0 Å². The lowest BCUT2D eigenvalue weighted by Gasteiger charge is -2.14. The fraction of sp³-hybridized carbons (Fsp3) is 0.130. The van der Waals surface area contributed by atoms with Crippen LogP contribution in [0.4, 0.5) is 0 Å². The van der Waals surface area contributed by atoms with Crippen molar-refractivity contribution in [2.75, 3.05) is 0 Å². The average Bonchev–Trinajstić information content (AvgIpc) is 3.10. The van der Waals surface area contributed by atoms with Gasteiger partial charge in [0.1, 0.15) is 17.3 Å². The van der Waals surface area contributed by atoms with Gasteiger partial charge in [-0.1, -0.05) is 41.9 Å². The van der Waals surface area contributed by atoms with Gasteiger partial charge in [-0.3, -0.25) is 4.79 Å². The molecule has 0 aliphatic carbocycles. The molecule has 0 bridgehead atoms. The van der Waals surface area contributed by atoms with E-state index in [0.29, 0.717) is 17.2 Å². The maximum atomic E-state index is 11.4. The molecule has 30 heavy (non-hydrogen) atoms. The van der Waals surface area contributed by atoms with E-state index in [0.717, 1.165) is 28.2 Å². The van der Waals surface area contributed by atoms with Gasteiger partial charge in [0.05, 0.1) is 17.5 Å². The summed E-state index contributed by atoms with van der Waals surface area (Å²) >= 11 is 5.96. The van der Waals surface area contributed by atoms with Crippen LogP contribution in [-0.4, -0.2) is 21.0 Å². The normalized spacial score (nSPS) is 11.6. The smallest absolute Gasteiger partial charge is 0.303 e. The highest BCUT2D eigenvalue weighted by atomic mass is 35.5. The van der Waals surface area contributed by atoms with E-state index in [1.165, 1.54) is 0 Å². The number of hydrogen-bond acceptors (Lipinski definition) is 3. The summed E-state index contributed by atoms with van der Waals surface area (Å²) in [7, 11) is 0. The number of imidazole rings is 1. The summed E-state index contributed by atoms with van der Waals surface area (Å²) in [5.41, 5.74) is 2.58. The molecule has 0 aliphatic rings. The summed E-state index contributed by atoms with van der Waals surface area (Å²) in [4.78, 5) is 19.3. The molecule has 1 aromatic heterocycles. The van der Waals surface area contributed by atoms with Gasteiger partial charge in [0, 0.05) is 23.4 Å². The van der Waals surface area contributed by atoms with E-state index >= 15 is 0 Å². The second-order valence-electron chi connectivity index (χ2n) is 6.83. The summed E-state index contributed by atoms with van der Waals surface area (Å²) in [6, 6.07) is 22.5. The Morgan fingerprint density at radius 3 is 2.47 bits per heavy atom. The molecule has 5 nitrogen and oxygen atoms in total. The Morgan fingerprint density at radius 1 is 1.03 bits per heavy atom. The minimum absolute atomic E-state index is 0. The van der Waals surface area contributed by atoms with Crippen molar-refractivity contribution < 1.29 is 14.6 Å². The van der Waals surface area contributed by atoms with Crippen LogP contribution < -0.4 is 4.74 Å². The molecule has 3 aromatic carbocycles. The van der Waals surface area contributed by atoms with E-state index in [1.54, 1.807) is 12.1 Å². The maximum Gasteiger partial charge on any atom is 0.303 e. The molecule has 1 unspecified atom stereocenters. The number of nitrogens with zero attached hydrogens (tertiary/aromatic N) is 1. The SMILES string of the molecule is Cl.O=C(O)CC(Cc1nc2ccc(Oc3ccccc3)cc2[nH]1)c1ccc(Cl)cc1. The Hall–Kier alpha value is -3.02. The number of carbonyl (C=O) groups is 1. The molecule has 7 heteroatoms. The molecule has 0 radical (unpaired) electrons. The van der Waals surface area contributed by atoms with Crippen molar-refractivity contribution in [3.05, 3.63) is 89.2 Å². The van der Waals surface area contributed by atoms with Gasteiger partial charge in [-0.2, -0.15) is 0 Å². The summed E-state index contributed by atoms with van der Waals surface area (Å²) in [5, 5.41) is 9.94. The molecule has 4 aromatic rings. The van der Waals surface area contributed by atoms with Crippen LogP contribution in [0.25, 0.3) is 11.0 Å². The van der Waals surface area contributed by atoms with Crippen molar-refractivity contribution in [3.8, 4) is 11.5 Å². The lowest BCUT2D eigenvalue weighted by molar-refractivity contribution is -0.137. The molecule has 1 heterocycles. The number of aromatic nitrogens is 2. The van der Waals surface area contributed by atoms with Crippen molar-refractivity contribution in [1.82, 2.24) is 9.97 Å². The third kappa shape index (κ3) is 5.32. The van der Waals surface area contributed by atoms with E-state index in [9.17, 15) is 9.90 Å². The number of hydrogen-bond donors (Lipinski definition) is 2. The van der Waals surface area contributed by atoms with Crippen LogP contribution in [0.3, 0.4) is 0 Å². The molecule has 1 atom stereocenters. The summed E-state index contributed by atoms with van der Waals surface area (Å²) in [5.74, 6) is 1.15. The van der Waals surface area contributed by atoms with Crippen LogP contribution in [0.15, 0.2) is 72.8 Å². The Labute approximate surface area is 185 Å². The minimum Gasteiger partial charge on any atom is -0.481 e. The first-order valence-corrected chi connectivity index (χ1v) is 9.63. The fourth-order valence-corrected chi connectivity index (χ4v) is 3.44. The summed E-state index contributed by atoms with van der Waals surface area (Å²) in [6.45, 7) is 0. The zero-order chi connectivity index (χ0) is 20.2. The van der Waals surface area contributed by atoms with E-state index in [-0.39, 0.29) is 24.7 Å². The van der Waals surface area contributed by atoms with Crippen LogP contribution in [0.1, 0.15) is 23.7 Å². The van der Waals surface area contributed by atoms with Crippen LogP contribution in [-0.2, 0) is 11.2 Å². The van der Waals surface area contributed by atoms with Crippen molar-refractivity contribution in [3.63, 3.8) is 0 Å². The van der Waals surface area contributed by atoms with E-state index in [1.807, 2.05) is 60.7 Å². The predicted molar refractivity (Wildman–Crippen MR) is 120 cm³/mol. The quantitative estimate of drug-likeness (QED) is 0.355. The number of halogens is 2. The Morgan fingerprint density at radius 2 is 1.77 bits per heavy atom. The van der Waals surface area contributed by atoms with E-state index in [4.69, 9.17) is 16.3 Å². The Balaban J connectivity index is 0.00000256. The monoisotopic (exact) mass is 442 g/mol. The second kappa shape index (κ2) is 9.65. The number of fused-ring (bicyclic) bond motifs is 1. The molecule has 0 amide bonds. The number of para-hydroxylation sites is 1. The van der Waals surface area contributed by atoms with Crippen LogP contribution in [0.2, 0.25) is 5.02 Å². The van der Waals surface area contributed by atoms with Crippen LogP contribution in [0.5, 0.6) is 11.5 Å². The summed E-state index contributed by atoms with van der Waals surface area (Å²) < 4.78 is 5.87. The highest BCUT2D eigenvalue weighted by Gasteiger charge is 2.18. The fourth-order valence-electron chi connectivity index (χ4n) is 3.31. The van der Waals surface area contributed by atoms with Crippen molar-refractivity contribution in [2.24, 2.45) is 0 Å². The number of benzene rings is 3. The lowest BCUT2D eigenvalue weighted by Crippen LogP contribution is -2.10. The third-order valence-electron chi connectivity index (χ3n) is 4.68. The minimum atomic E-state index is -0.848. The first-order valence-electron chi connectivity index (χ1n) is 9.25. The zero-order valence-corrected chi connectivity index (χ0v) is 17.5. The zero-order valence-electron chi connectivity index (χ0n) is 15.9. The molecule has 4 rings (SSSR count). The van der Waals surface area contributed by atoms with Gasteiger partial charge in [-0.25, -0.2) is 4.98 Å². The standard InChI is InChI=1S/C23H19ClN2O3.ClH/c24-17-8-6-15(7-9-17)16(13-23(27)28)12-22-25-20-11-10-19(14-21(20)26-22)29-18-4-2-1-3-5-18;/h1-11,14,16H,12-13H2,(H,25,26)(H,27,28);1H. The van der Waals surface area contributed by atoms with E-state index < -0.39 is 5.97 Å². The second-order valence-corrected chi connectivity index (χ2v) is 7.26. The molecule has 0 aliphatic heterocycles. The average molecular weight is 443 g/mol. The first-order chi connectivity index (χ1) is 14.1. The molecule has 154 valence electrons. The number of carboxylic acid groups (broad SMARTS) is 1. The molecule has 0 saturated carbocycles. The third-order valence-corrected chi connectivity index (χ3v) is 4.94. The van der Waals surface area contributed by atoms with Gasteiger partial charge in [-0.05, 0) is 42.0 Å². The number of ether oxygens (including phenoxy) is 1. The highest BCUT2D eigenvalue weighted by Crippen LogP contribution is 2.28. The first kappa shape index (κ1) is 21.7. The molecule has 0 fully saturated rings. The predicted octanol–water partition coefficient (Wildman–Crippen LogP) is 6.23. The van der Waals surface area contributed by atoms with Crippen molar-refractivity contribution in [2.45, 2.75) is 18.8 Å². The number of nitrogens with one attached hydrogen (secondary N) is 1. The number of carboxylic acids is 1. The van der Waals surface area contributed by atoms with Crippen molar-refractivity contribution >= 4 is 41.0 Å². The highest BCUT2D eigenvalue weighted by molar-refractivity contribution is 6.30. The van der Waals surface area contributed by atoms with Crippen molar-refractivity contribution in [1.29, 1.82) is 0 Å². The van der Waals surface area contributed by atoms with Crippen LogP contribution in [0, 0.1) is 0 Å².